The number of rotatable bonds is 5. The second kappa shape index (κ2) is 4.69. The number of epoxide rings is 1. The molecule has 2 nitrogen and oxygen atoms in total. The van der Waals surface area contributed by atoms with Crippen molar-refractivity contribution in [2.24, 2.45) is 0 Å². The van der Waals surface area contributed by atoms with Gasteiger partial charge in [-0.1, -0.05) is 25.5 Å². The minimum Gasteiger partial charge on any atom is -0.490 e. The van der Waals surface area contributed by atoms with Gasteiger partial charge >= 0.3 is 0 Å². The fraction of sp³-hybridized carbons (Fsp3) is 0.600. The highest BCUT2D eigenvalue weighted by atomic mass is 16.6. The van der Waals surface area contributed by atoms with Crippen molar-refractivity contribution in [3.05, 3.63) is 28.8 Å². The summed E-state index contributed by atoms with van der Waals surface area (Å²) >= 11 is 0. The standard InChI is InChI=1S/C15H22O2/c1-5-6-13-7-11(2)14(12(3)8-13)16-9-15(4)10-17-15/h7-8H,5-6,9-10H2,1-4H3. The molecule has 1 atom stereocenters. The quantitative estimate of drug-likeness (QED) is 0.728. The molecule has 1 aromatic rings. The number of hydrogen-bond donors (Lipinski definition) is 0. The van der Waals surface area contributed by atoms with E-state index in [1.807, 2.05) is 0 Å². The Balaban J connectivity index is 2.10. The van der Waals surface area contributed by atoms with Crippen LogP contribution in [0.25, 0.3) is 0 Å². The fourth-order valence-corrected chi connectivity index (χ4v) is 2.13. The van der Waals surface area contributed by atoms with Crippen molar-refractivity contribution in [2.45, 2.75) is 46.1 Å². The average molecular weight is 234 g/mol. The summed E-state index contributed by atoms with van der Waals surface area (Å²) in [5.74, 6) is 1.03. The maximum atomic E-state index is 5.90. The van der Waals surface area contributed by atoms with Gasteiger partial charge in [-0.25, -0.2) is 0 Å². The number of benzene rings is 1. The van der Waals surface area contributed by atoms with Crippen molar-refractivity contribution in [3.63, 3.8) is 0 Å². The normalized spacial score (nSPS) is 22.6. The van der Waals surface area contributed by atoms with Gasteiger partial charge < -0.3 is 9.47 Å². The summed E-state index contributed by atoms with van der Waals surface area (Å²) in [7, 11) is 0. The molecule has 1 aliphatic rings. The Morgan fingerprint density at radius 1 is 1.29 bits per heavy atom. The summed E-state index contributed by atoms with van der Waals surface area (Å²) in [6, 6.07) is 4.48. The van der Waals surface area contributed by atoms with Gasteiger partial charge in [0, 0.05) is 0 Å². The molecule has 94 valence electrons. The first-order valence-corrected chi connectivity index (χ1v) is 6.41. The molecule has 0 spiro atoms. The van der Waals surface area contributed by atoms with Crippen LogP contribution in [0.15, 0.2) is 12.1 Å². The second-order valence-electron chi connectivity index (χ2n) is 5.34. The Morgan fingerprint density at radius 2 is 1.88 bits per heavy atom. The van der Waals surface area contributed by atoms with Crippen LogP contribution in [-0.2, 0) is 11.2 Å². The van der Waals surface area contributed by atoms with Crippen LogP contribution >= 0.6 is 0 Å². The zero-order valence-corrected chi connectivity index (χ0v) is 11.3. The van der Waals surface area contributed by atoms with E-state index in [1.165, 1.54) is 23.1 Å². The number of aryl methyl sites for hydroxylation is 3. The summed E-state index contributed by atoms with van der Waals surface area (Å²) in [5, 5.41) is 0. The molecule has 1 aromatic carbocycles. The minimum atomic E-state index is -0.0407. The van der Waals surface area contributed by atoms with Crippen molar-refractivity contribution in [1.82, 2.24) is 0 Å². The van der Waals surface area contributed by atoms with Crippen LogP contribution in [-0.4, -0.2) is 18.8 Å². The number of hydrogen-bond acceptors (Lipinski definition) is 2. The third kappa shape index (κ3) is 3.01. The van der Waals surface area contributed by atoms with E-state index in [2.05, 4.69) is 39.8 Å². The maximum absolute atomic E-state index is 5.90. The summed E-state index contributed by atoms with van der Waals surface area (Å²) in [6.45, 7) is 10.0. The van der Waals surface area contributed by atoms with Gasteiger partial charge in [0.2, 0.25) is 0 Å². The highest BCUT2D eigenvalue weighted by Gasteiger charge is 2.40. The van der Waals surface area contributed by atoms with Crippen LogP contribution in [0.5, 0.6) is 5.75 Å². The molecule has 0 aliphatic carbocycles. The lowest BCUT2D eigenvalue weighted by atomic mass is 10.0. The molecule has 0 bridgehead atoms. The van der Waals surface area contributed by atoms with Gasteiger partial charge in [0.25, 0.3) is 0 Å². The molecule has 0 radical (unpaired) electrons. The van der Waals surface area contributed by atoms with Gasteiger partial charge in [0.15, 0.2) is 0 Å². The van der Waals surface area contributed by atoms with E-state index < -0.39 is 0 Å². The van der Waals surface area contributed by atoms with Gasteiger partial charge in [-0.2, -0.15) is 0 Å². The Kier molecular flexibility index (Phi) is 3.43. The highest BCUT2D eigenvalue weighted by Crippen LogP contribution is 2.30. The zero-order chi connectivity index (χ0) is 12.5. The predicted octanol–water partition coefficient (Wildman–Crippen LogP) is 3.42. The average Bonchev–Trinajstić information content (AvgIpc) is 2.96. The highest BCUT2D eigenvalue weighted by molar-refractivity contribution is 5.43. The monoisotopic (exact) mass is 234 g/mol. The first-order chi connectivity index (χ1) is 8.04. The van der Waals surface area contributed by atoms with E-state index in [1.54, 1.807) is 0 Å². The fourth-order valence-electron chi connectivity index (χ4n) is 2.13. The van der Waals surface area contributed by atoms with Crippen LogP contribution in [0.2, 0.25) is 0 Å². The smallest absolute Gasteiger partial charge is 0.125 e. The third-order valence-electron chi connectivity index (χ3n) is 3.22. The third-order valence-corrected chi connectivity index (χ3v) is 3.22. The van der Waals surface area contributed by atoms with E-state index >= 15 is 0 Å². The van der Waals surface area contributed by atoms with Crippen LogP contribution < -0.4 is 4.74 Å². The van der Waals surface area contributed by atoms with Gasteiger partial charge in [0.05, 0.1) is 6.61 Å². The summed E-state index contributed by atoms with van der Waals surface area (Å²) in [6.07, 6.45) is 2.33. The van der Waals surface area contributed by atoms with Crippen LogP contribution in [0.4, 0.5) is 0 Å². The van der Waals surface area contributed by atoms with Crippen molar-refractivity contribution in [3.8, 4) is 5.75 Å². The first-order valence-electron chi connectivity index (χ1n) is 6.41. The Bertz CT molecular complexity index is 382. The van der Waals surface area contributed by atoms with E-state index in [-0.39, 0.29) is 5.60 Å². The molecule has 0 N–H and O–H groups in total. The van der Waals surface area contributed by atoms with Crippen molar-refractivity contribution in [2.75, 3.05) is 13.2 Å². The molecule has 0 amide bonds. The van der Waals surface area contributed by atoms with Crippen molar-refractivity contribution >= 4 is 0 Å². The van der Waals surface area contributed by atoms with Crippen LogP contribution in [0, 0.1) is 13.8 Å². The van der Waals surface area contributed by atoms with Crippen LogP contribution in [0.3, 0.4) is 0 Å². The largest absolute Gasteiger partial charge is 0.490 e. The van der Waals surface area contributed by atoms with Gasteiger partial charge in [0.1, 0.15) is 18.0 Å². The first kappa shape index (κ1) is 12.4. The predicted molar refractivity (Wildman–Crippen MR) is 69.8 cm³/mol. The Labute approximate surface area is 104 Å². The molecule has 17 heavy (non-hydrogen) atoms. The lowest BCUT2D eigenvalue weighted by molar-refractivity contribution is 0.201. The van der Waals surface area contributed by atoms with Crippen molar-refractivity contribution in [1.29, 1.82) is 0 Å². The molecule has 2 heteroatoms. The lowest BCUT2D eigenvalue weighted by Crippen LogP contribution is -2.17. The molecule has 1 heterocycles. The molecular weight excluding hydrogens is 212 g/mol. The van der Waals surface area contributed by atoms with Gasteiger partial charge in [-0.05, 0) is 43.9 Å². The Hall–Kier alpha value is -1.02. The molecular formula is C15H22O2. The molecule has 1 unspecified atom stereocenters. The lowest BCUT2D eigenvalue weighted by Gasteiger charge is -2.15. The molecule has 1 saturated heterocycles. The van der Waals surface area contributed by atoms with E-state index in [0.29, 0.717) is 6.61 Å². The minimum absolute atomic E-state index is 0.0407. The van der Waals surface area contributed by atoms with E-state index in [0.717, 1.165) is 18.8 Å². The SMILES string of the molecule is CCCc1cc(C)c(OCC2(C)CO2)c(C)c1. The second-order valence-corrected chi connectivity index (χ2v) is 5.34. The van der Waals surface area contributed by atoms with Crippen LogP contribution in [0.1, 0.15) is 37.0 Å². The van der Waals surface area contributed by atoms with Crippen molar-refractivity contribution < 1.29 is 9.47 Å². The topological polar surface area (TPSA) is 21.8 Å². The number of ether oxygens (including phenoxy) is 2. The molecule has 1 aliphatic heterocycles. The maximum Gasteiger partial charge on any atom is 0.125 e. The molecule has 0 saturated carbocycles. The Morgan fingerprint density at radius 3 is 2.35 bits per heavy atom. The van der Waals surface area contributed by atoms with Gasteiger partial charge in [-0.3, -0.25) is 0 Å². The molecule has 2 rings (SSSR count). The van der Waals surface area contributed by atoms with E-state index in [9.17, 15) is 0 Å². The van der Waals surface area contributed by atoms with Gasteiger partial charge in [-0.15, -0.1) is 0 Å². The molecule has 0 aromatic heterocycles. The summed E-state index contributed by atoms with van der Waals surface area (Å²) in [5.41, 5.74) is 3.83. The van der Waals surface area contributed by atoms with E-state index in [4.69, 9.17) is 9.47 Å². The molecule has 1 fully saturated rings. The zero-order valence-electron chi connectivity index (χ0n) is 11.3. The summed E-state index contributed by atoms with van der Waals surface area (Å²) in [4.78, 5) is 0. The summed E-state index contributed by atoms with van der Waals surface area (Å²) < 4.78 is 11.2.